The molecule has 1 atom stereocenters. The molecule has 1 aromatic carbocycles. The Kier molecular flexibility index (Phi) is 5.33. The SMILES string of the molecule is C=CCOCC(NC(=O)C1(c2ccccc2)CCC1)C(=O)O. The Morgan fingerprint density at radius 1 is 1.36 bits per heavy atom. The summed E-state index contributed by atoms with van der Waals surface area (Å²) in [5.74, 6) is -1.33. The molecule has 1 fully saturated rings. The van der Waals surface area contributed by atoms with Gasteiger partial charge in [-0.2, -0.15) is 0 Å². The van der Waals surface area contributed by atoms with E-state index in [1.807, 2.05) is 30.3 Å². The number of hydrogen-bond acceptors (Lipinski definition) is 3. The molecule has 1 saturated carbocycles. The van der Waals surface area contributed by atoms with Gasteiger partial charge in [-0.05, 0) is 18.4 Å². The van der Waals surface area contributed by atoms with Gasteiger partial charge in [0, 0.05) is 0 Å². The summed E-state index contributed by atoms with van der Waals surface area (Å²) in [7, 11) is 0. The van der Waals surface area contributed by atoms with Gasteiger partial charge in [0.05, 0.1) is 18.6 Å². The van der Waals surface area contributed by atoms with Crippen LogP contribution in [-0.2, 0) is 19.7 Å². The summed E-state index contributed by atoms with van der Waals surface area (Å²) < 4.78 is 5.16. The minimum atomic E-state index is -1.10. The largest absolute Gasteiger partial charge is 0.480 e. The monoisotopic (exact) mass is 303 g/mol. The van der Waals surface area contributed by atoms with E-state index in [0.717, 1.165) is 24.8 Å². The highest BCUT2D eigenvalue weighted by molar-refractivity contribution is 5.92. The maximum atomic E-state index is 12.6. The van der Waals surface area contributed by atoms with E-state index in [1.54, 1.807) is 0 Å². The molecule has 0 spiro atoms. The standard InChI is InChI=1S/C17H21NO4/c1-2-11-22-12-14(15(19)20)18-16(21)17(9-6-10-17)13-7-4-3-5-8-13/h2-5,7-8,14H,1,6,9-12H2,(H,18,21)(H,19,20). The Balaban J connectivity index is 2.08. The first-order chi connectivity index (χ1) is 10.6. The third kappa shape index (κ3) is 3.36. The fourth-order valence-corrected chi connectivity index (χ4v) is 2.67. The van der Waals surface area contributed by atoms with Gasteiger partial charge in [0.25, 0.3) is 0 Å². The number of amides is 1. The van der Waals surface area contributed by atoms with Crippen LogP contribution in [0, 0.1) is 0 Å². The van der Waals surface area contributed by atoms with E-state index >= 15 is 0 Å². The zero-order chi connectivity index (χ0) is 16.0. The van der Waals surface area contributed by atoms with Crippen LogP contribution in [0.4, 0.5) is 0 Å². The lowest BCUT2D eigenvalue weighted by atomic mass is 9.63. The zero-order valence-electron chi connectivity index (χ0n) is 12.5. The van der Waals surface area contributed by atoms with Crippen molar-refractivity contribution in [2.24, 2.45) is 0 Å². The zero-order valence-corrected chi connectivity index (χ0v) is 12.5. The van der Waals surface area contributed by atoms with Gasteiger partial charge in [0.1, 0.15) is 0 Å². The quantitative estimate of drug-likeness (QED) is 0.568. The molecule has 22 heavy (non-hydrogen) atoms. The van der Waals surface area contributed by atoms with Crippen molar-refractivity contribution < 1.29 is 19.4 Å². The van der Waals surface area contributed by atoms with Gasteiger partial charge in [-0.3, -0.25) is 4.79 Å². The Morgan fingerprint density at radius 2 is 2.05 bits per heavy atom. The fraction of sp³-hybridized carbons (Fsp3) is 0.412. The van der Waals surface area contributed by atoms with Crippen molar-refractivity contribution in [3.8, 4) is 0 Å². The average Bonchev–Trinajstić information content (AvgIpc) is 2.46. The van der Waals surface area contributed by atoms with E-state index in [1.165, 1.54) is 6.08 Å². The van der Waals surface area contributed by atoms with Crippen LogP contribution >= 0.6 is 0 Å². The lowest BCUT2D eigenvalue weighted by Gasteiger charge is -2.41. The summed E-state index contributed by atoms with van der Waals surface area (Å²) in [6.07, 6.45) is 3.98. The molecule has 1 amide bonds. The summed E-state index contributed by atoms with van der Waals surface area (Å²) in [6.45, 7) is 3.69. The van der Waals surface area contributed by atoms with Crippen molar-refractivity contribution in [1.29, 1.82) is 0 Å². The third-order valence-corrected chi connectivity index (χ3v) is 4.09. The highest BCUT2D eigenvalue weighted by Gasteiger charge is 2.46. The van der Waals surface area contributed by atoms with Crippen LogP contribution in [0.2, 0.25) is 0 Å². The Hall–Kier alpha value is -2.14. The van der Waals surface area contributed by atoms with E-state index in [2.05, 4.69) is 11.9 Å². The van der Waals surface area contributed by atoms with Gasteiger partial charge in [-0.25, -0.2) is 4.79 Å². The molecule has 2 rings (SSSR count). The maximum Gasteiger partial charge on any atom is 0.328 e. The van der Waals surface area contributed by atoms with Gasteiger partial charge in [-0.15, -0.1) is 6.58 Å². The molecule has 0 heterocycles. The van der Waals surface area contributed by atoms with E-state index in [-0.39, 0.29) is 19.1 Å². The summed E-state index contributed by atoms with van der Waals surface area (Å²) >= 11 is 0. The number of aliphatic carboxylic acids is 1. The molecule has 0 radical (unpaired) electrons. The highest BCUT2D eigenvalue weighted by Crippen LogP contribution is 2.43. The van der Waals surface area contributed by atoms with Crippen LogP contribution in [0.1, 0.15) is 24.8 Å². The Morgan fingerprint density at radius 3 is 2.55 bits per heavy atom. The molecule has 1 unspecified atom stereocenters. The molecule has 118 valence electrons. The summed E-state index contributed by atoms with van der Waals surface area (Å²) in [4.78, 5) is 23.9. The number of nitrogens with one attached hydrogen (secondary N) is 1. The molecule has 0 aliphatic heterocycles. The normalized spacial score (nSPS) is 17.1. The van der Waals surface area contributed by atoms with E-state index in [9.17, 15) is 14.7 Å². The van der Waals surface area contributed by atoms with Crippen molar-refractivity contribution in [2.75, 3.05) is 13.2 Å². The predicted octanol–water partition coefficient (Wildman–Crippen LogP) is 1.88. The van der Waals surface area contributed by atoms with Crippen LogP contribution in [-0.4, -0.2) is 36.2 Å². The van der Waals surface area contributed by atoms with E-state index in [0.29, 0.717) is 0 Å². The Labute approximate surface area is 130 Å². The fourth-order valence-electron chi connectivity index (χ4n) is 2.67. The van der Waals surface area contributed by atoms with Crippen molar-refractivity contribution >= 4 is 11.9 Å². The van der Waals surface area contributed by atoms with Gasteiger partial charge in [-0.1, -0.05) is 42.8 Å². The highest BCUT2D eigenvalue weighted by atomic mass is 16.5. The summed E-state index contributed by atoms with van der Waals surface area (Å²) in [5, 5.41) is 11.8. The van der Waals surface area contributed by atoms with Crippen molar-refractivity contribution in [1.82, 2.24) is 5.32 Å². The number of ether oxygens (including phenoxy) is 1. The number of benzene rings is 1. The average molecular weight is 303 g/mol. The van der Waals surface area contributed by atoms with Gasteiger partial charge in [0.15, 0.2) is 6.04 Å². The molecular formula is C17H21NO4. The number of carboxylic acids is 1. The molecule has 0 aromatic heterocycles. The van der Waals surface area contributed by atoms with Crippen LogP contribution < -0.4 is 5.32 Å². The second-order valence-corrected chi connectivity index (χ2v) is 5.49. The number of carboxylic acid groups (broad SMARTS) is 1. The molecule has 2 N–H and O–H groups in total. The van der Waals surface area contributed by atoms with E-state index in [4.69, 9.17) is 4.74 Å². The number of rotatable bonds is 8. The first kappa shape index (κ1) is 16.2. The van der Waals surface area contributed by atoms with Gasteiger partial charge in [0.2, 0.25) is 5.91 Å². The lowest BCUT2D eigenvalue weighted by molar-refractivity contribution is -0.145. The smallest absolute Gasteiger partial charge is 0.328 e. The lowest BCUT2D eigenvalue weighted by Crippen LogP contribution is -2.55. The number of carbonyl (C=O) groups excluding carboxylic acids is 1. The summed E-state index contributed by atoms with van der Waals surface area (Å²) in [6, 6.07) is 8.48. The maximum absolute atomic E-state index is 12.6. The van der Waals surface area contributed by atoms with Gasteiger partial charge < -0.3 is 15.2 Å². The minimum absolute atomic E-state index is 0.0715. The second kappa shape index (κ2) is 7.22. The molecule has 5 heteroatoms. The molecule has 5 nitrogen and oxygen atoms in total. The molecule has 1 aliphatic rings. The van der Waals surface area contributed by atoms with E-state index < -0.39 is 17.4 Å². The molecule has 0 saturated heterocycles. The molecular weight excluding hydrogens is 282 g/mol. The molecule has 1 aromatic rings. The number of carbonyl (C=O) groups is 2. The first-order valence-electron chi connectivity index (χ1n) is 7.38. The topological polar surface area (TPSA) is 75.6 Å². The van der Waals surface area contributed by atoms with Crippen LogP contribution in [0.3, 0.4) is 0 Å². The predicted molar refractivity (Wildman–Crippen MR) is 82.6 cm³/mol. The van der Waals surface area contributed by atoms with Crippen LogP contribution in [0.25, 0.3) is 0 Å². The van der Waals surface area contributed by atoms with Crippen molar-refractivity contribution in [3.63, 3.8) is 0 Å². The van der Waals surface area contributed by atoms with Crippen LogP contribution in [0.5, 0.6) is 0 Å². The van der Waals surface area contributed by atoms with Gasteiger partial charge >= 0.3 is 5.97 Å². The number of hydrogen-bond donors (Lipinski definition) is 2. The van der Waals surface area contributed by atoms with Crippen LogP contribution in [0.15, 0.2) is 43.0 Å². The first-order valence-corrected chi connectivity index (χ1v) is 7.38. The second-order valence-electron chi connectivity index (χ2n) is 5.49. The third-order valence-electron chi connectivity index (χ3n) is 4.09. The molecule has 1 aliphatic carbocycles. The Bertz CT molecular complexity index is 537. The van der Waals surface area contributed by atoms with Crippen molar-refractivity contribution in [2.45, 2.75) is 30.7 Å². The minimum Gasteiger partial charge on any atom is -0.480 e. The molecule has 0 bridgehead atoms. The summed E-state index contributed by atoms with van der Waals surface area (Å²) in [5.41, 5.74) is 0.336. The van der Waals surface area contributed by atoms with Crippen molar-refractivity contribution in [3.05, 3.63) is 48.6 Å².